The quantitative estimate of drug-likeness (QED) is 0.312. The number of amides is 1. The minimum Gasteiger partial charge on any atom is -0.507 e. The highest BCUT2D eigenvalue weighted by molar-refractivity contribution is 6.51. The van der Waals surface area contributed by atoms with Gasteiger partial charge in [0.2, 0.25) is 0 Å². The normalized spacial score (nSPS) is 19.4. The number of aliphatic hydroxyl groups is 1. The van der Waals surface area contributed by atoms with Crippen LogP contribution in [0.2, 0.25) is 0 Å². The van der Waals surface area contributed by atoms with Crippen molar-refractivity contribution in [3.8, 4) is 0 Å². The van der Waals surface area contributed by atoms with Gasteiger partial charge in [-0.2, -0.15) is 0 Å². The number of ketones is 1. The molecule has 2 aliphatic rings. The molecular formula is C27H20F3NO3. The lowest BCUT2D eigenvalue weighted by atomic mass is 9.88. The summed E-state index contributed by atoms with van der Waals surface area (Å²) in [7, 11) is 0. The molecule has 0 saturated carbocycles. The third-order valence-electron chi connectivity index (χ3n) is 6.42. The Bertz CT molecular complexity index is 1350. The first-order valence-corrected chi connectivity index (χ1v) is 11.0. The molecule has 0 aromatic heterocycles. The Balaban J connectivity index is 1.72. The standard InChI is InChI=1S/C27H20F3NO3/c28-19-9-7-16(8-10-19)24-23(25(32)18-6-5-15-3-1-2-4-17(15)13-18)26(33)27(34)31(24)22-14-20(29)11-12-21(22)30/h5-14,24,32H,1-4H2/b25-23-. The van der Waals surface area contributed by atoms with E-state index in [1.807, 2.05) is 6.07 Å². The average molecular weight is 463 g/mol. The van der Waals surface area contributed by atoms with Crippen LogP contribution in [-0.2, 0) is 22.4 Å². The predicted octanol–water partition coefficient (Wildman–Crippen LogP) is 5.61. The van der Waals surface area contributed by atoms with Crippen LogP contribution in [0.25, 0.3) is 5.76 Å². The third kappa shape index (κ3) is 3.67. The van der Waals surface area contributed by atoms with E-state index >= 15 is 0 Å². The number of aryl methyl sites for hydroxylation is 2. The molecule has 7 heteroatoms. The highest BCUT2D eigenvalue weighted by Gasteiger charge is 2.47. The number of fused-ring (bicyclic) bond motifs is 1. The molecule has 4 nitrogen and oxygen atoms in total. The van der Waals surface area contributed by atoms with Crippen LogP contribution in [0.3, 0.4) is 0 Å². The maximum atomic E-state index is 14.7. The number of anilines is 1. The molecule has 1 saturated heterocycles. The smallest absolute Gasteiger partial charge is 0.300 e. The summed E-state index contributed by atoms with van der Waals surface area (Å²) < 4.78 is 42.3. The lowest BCUT2D eigenvalue weighted by Gasteiger charge is -2.26. The summed E-state index contributed by atoms with van der Waals surface area (Å²) >= 11 is 0. The van der Waals surface area contributed by atoms with Crippen molar-refractivity contribution in [2.75, 3.05) is 4.90 Å². The Morgan fingerprint density at radius 3 is 2.24 bits per heavy atom. The predicted molar refractivity (Wildman–Crippen MR) is 121 cm³/mol. The first-order chi connectivity index (χ1) is 16.3. The number of rotatable bonds is 3. The maximum Gasteiger partial charge on any atom is 0.300 e. The summed E-state index contributed by atoms with van der Waals surface area (Å²) in [5.74, 6) is -4.82. The van der Waals surface area contributed by atoms with E-state index < -0.39 is 46.6 Å². The van der Waals surface area contributed by atoms with E-state index in [4.69, 9.17) is 0 Å². The lowest BCUT2D eigenvalue weighted by molar-refractivity contribution is -0.132. The molecule has 172 valence electrons. The maximum absolute atomic E-state index is 14.7. The van der Waals surface area contributed by atoms with E-state index in [0.717, 1.165) is 66.5 Å². The average Bonchev–Trinajstić information content (AvgIpc) is 3.10. The molecule has 3 aromatic rings. The molecule has 1 fully saturated rings. The van der Waals surface area contributed by atoms with Crippen molar-refractivity contribution in [2.24, 2.45) is 0 Å². The Labute approximate surface area is 194 Å². The van der Waals surface area contributed by atoms with Crippen LogP contribution in [0.1, 0.15) is 41.1 Å². The first-order valence-electron chi connectivity index (χ1n) is 11.0. The van der Waals surface area contributed by atoms with Crippen molar-refractivity contribution < 1.29 is 27.9 Å². The van der Waals surface area contributed by atoms with E-state index in [1.165, 1.54) is 17.7 Å². The van der Waals surface area contributed by atoms with Gasteiger partial charge in [0.1, 0.15) is 23.2 Å². The Morgan fingerprint density at radius 2 is 1.50 bits per heavy atom. The first kappa shape index (κ1) is 21.9. The molecule has 1 atom stereocenters. The van der Waals surface area contributed by atoms with Gasteiger partial charge in [0, 0.05) is 11.6 Å². The molecule has 0 bridgehead atoms. The van der Waals surface area contributed by atoms with Crippen molar-refractivity contribution in [1.82, 2.24) is 0 Å². The van der Waals surface area contributed by atoms with E-state index in [1.54, 1.807) is 12.1 Å². The molecule has 5 rings (SSSR count). The molecule has 1 N–H and O–H groups in total. The topological polar surface area (TPSA) is 57.6 Å². The number of benzene rings is 3. The van der Waals surface area contributed by atoms with Crippen molar-refractivity contribution in [1.29, 1.82) is 0 Å². The molecule has 3 aromatic carbocycles. The number of carbonyl (C=O) groups is 2. The van der Waals surface area contributed by atoms with Crippen LogP contribution < -0.4 is 4.90 Å². The van der Waals surface area contributed by atoms with Gasteiger partial charge in [-0.15, -0.1) is 0 Å². The molecule has 1 amide bonds. The number of hydrogen-bond acceptors (Lipinski definition) is 3. The van der Waals surface area contributed by atoms with E-state index in [0.29, 0.717) is 5.56 Å². The van der Waals surface area contributed by atoms with Gasteiger partial charge in [-0.05, 0) is 72.7 Å². The Morgan fingerprint density at radius 1 is 0.824 bits per heavy atom. The van der Waals surface area contributed by atoms with Crippen molar-refractivity contribution >= 4 is 23.1 Å². The largest absolute Gasteiger partial charge is 0.507 e. The summed E-state index contributed by atoms with van der Waals surface area (Å²) in [5.41, 5.74) is 2.13. The number of hydrogen-bond donors (Lipinski definition) is 1. The van der Waals surface area contributed by atoms with Crippen LogP contribution in [0.5, 0.6) is 0 Å². The molecule has 0 spiro atoms. The molecule has 0 radical (unpaired) electrons. The Kier molecular flexibility index (Phi) is 5.48. The monoisotopic (exact) mass is 463 g/mol. The van der Waals surface area contributed by atoms with Crippen LogP contribution in [-0.4, -0.2) is 16.8 Å². The molecular weight excluding hydrogens is 443 g/mol. The summed E-state index contributed by atoms with van der Waals surface area (Å²) in [5, 5.41) is 11.2. The van der Waals surface area contributed by atoms with Gasteiger partial charge in [-0.3, -0.25) is 14.5 Å². The number of carbonyl (C=O) groups excluding carboxylic acids is 2. The second kappa shape index (κ2) is 8.48. The van der Waals surface area contributed by atoms with Crippen molar-refractivity contribution in [3.05, 3.63) is 106 Å². The lowest BCUT2D eigenvalue weighted by Crippen LogP contribution is -2.30. The van der Waals surface area contributed by atoms with Gasteiger partial charge >= 0.3 is 0 Å². The van der Waals surface area contributed by atoms with E-state index in [2.05, 4.69) is 0 Å². The zero-order chi connectivity index (χ0) is 24.0. The zero-order valence-electron chi connectivity index (χ0n) is 18.0. The minimum atomic E-state index is -1.27. The van der Waals surface area contributed by atoms with Gasteiger partial charge in [0.15, 0.2) is 0 Å². The number of aliphatic hydroxyl groups excluding tert-OH is 1. The van der Waals surface area contributed by atoms with Crippen LogP contribution in [0.4, 0.5) is 18.9 Å². The number of nitrogens with zero attached hydrogens (tertiary/aromatic N) is 1. The van der Waals surface area contributed by atoms with Crippen LogP contribution >= 0.6 is 0 Å². The van der Waals surface area contributed by atoms with Crippen molar-refractivity contribution in [3.63, 3.8) is 0 Å². The fraction of sp³-hybridized carbons (Fsp3) is 0.185. The fourth-order valence-corrected chi connectivity index (χ4v) is 4.75. The van der Waals surface area contributed by atoms with Gasteiger partial charge < -0.3 is 5.11 Å². The highest BCUT2D eigenvalue weighted by atomic mass is 19.1. The molecule has 1 heterocycles. The van der Waals surface area contributed by atoms with Crippen LogP contribution in [0.15, 0.2) is 66.2 Å². The fourth-order valence-electron chi connectivity index (χ4n) is 4.75. The number of Topliss-reactive ketones (excluding diaryl/α,β-unsaturated/α-hetero) is 1. The van der Waals surface area contributed by atoms with E-state index in [-0.39, 0.29) is 11.1 Å². The third-order valence-corrected chi connectivity index (χ3v) is 6.42. The minimum absolute atomic E-state index is 0.267. The molecule has 1 unspecified atom stereocenters. The van der Waals surface area contributed by atoms with Gasteiger partial charge in [0.05, 0.1) is 17.3 Å². The number of halogens is 3. The van der Waals surface area contributed by atoms with Gasteiger partial charge in [-0.25, -0.2) is 13.2 Å². The molecule has 34 heavy (non-hydrogen) atoms. The second-order valence-electron chi connectivity index (χ2n) is 8.51. The van der Waals surface area contributed by atoms with Gasteiger partial charge in [-0.1, -0.05) is 24.3 Å². The zero-order valence-corrected chi connectivity index (χ0v) is 18.0. The molecule has 1 aliphatic carbocycles. The summed E-state index contributed by atoms with van der Waals surface area (Å²) in [6.07, 6.45) is 3.85. The van der Waals surface area contributed by atoms with Crippen molar-refractivity contribution in [2.45, 2.75) is 31.7 Å². The Hall–Kier alpha value is -3.87. The molecule has 1 aliphatic heterocycles. The van der Waals surface area contributed by atoms with E-state index in [9.17, 15) is 27.9 Å². The highest BCUT2D eigenvalue weighted by Crippen LogP contribution is 2.43. The SMILES string of the molecule is O=C1C(=O)N(c2cc(F)ccc2F)C(c2ccc(F)cc2)/C1=C(/O)c1ccc2c(c1)CCCC2. The summed E-state index contributed by atoms with van der Waals surface area (Å²) in [6, 6.07) is 11.6. The van der Waals surface area contributed by atoms with Gasteiger partial charge in [0.25, 0.3) is 11.7 Å². The second-order valence-corrected chi connectivity index (χ2v) is 8.51. The summed E-state index contributed by atoms with van der Waals surface area (Å²) in [4.78, 5) is 27.0. The summed E-state index contributed by atoms with van der Waals surface area (Å²) in [6.45, 7) is 0. The van der Waals surface area contributed by atoms with Crippen LogP contribution in [0, 0.1) is 17.5 Å².